The zero-order valence-electron chi connectivity index (χ0n) is 12.1. The number of aryl methyl sites for hydroxylation is 1. The van der Waals surface area contributed by atoms with Crippen LogP contribution in [0.25, 0.3) is 0 Å². The molecule has 0 saturated carbocycles. The lowest BCUT2D eigenvalue weighted by atomic mass is 10.1. The highest BCUT2D eigenvalue weighted by Crippen LogP contribution is 2.22. The number of ether oxygens (including phenoxy) is 1. The van der Waals surface area contributed by atoms with Crippen LogP contribution in [0.2, 0.25) is 5.02 Å². The van der Waals surface area contributed by atoms with Crippen LogP contribution in [0.15, 0.2) is 48.5 Å². The lowest BCUT2D eigenvalue weighted by Crippen LogP contribution is -2.30. The number of halogens is 1. The summed E-state index contributed by atoms with van der Waals surface area (Å²) in [5, 5.41) is 3.28. The molecule has 4 heteroatoms. The third-order valence-corrected chi connectivity index (χ3v) is 3.49. The lowest BCUT2D eigenvalue weighted by molar-refractivity contribution is -0.122. The van der Waals surface area contributed by atoms with Crippen molar-refractivity contribution in [3.05, 3.63) is 59.1 Å². The van der Waals surface area contributed by atoms with Crippen molar-refractivity contribution in [2.24, 2.45) is 0 Å². The number of hydrogen-bond donors (Lipinski definition) is 1. The highest BCUT2D eigenvalue weighted by Gasteiger charge is 2.16. The van der Waals surface area contributed by atoms with Gasteiger partial charge in [-0.1, -0.05) is 48.9 Å². The van der Waals surface area contributed by atoms with Gasteiger partial charge < -0.3 is 10.1 Å². The van der Waals surface area contributed by atoms with E-state index in [4.69, 9.17) is 16.3 Å². The number of para-hydroxylation sites is 2. The van der Waals surface area contributed by atoms with Crippen molar-refractivity contribution in [2.75, 3.05) is 5.32 Å². The average Bonchev–Trinajstić information content (AvgIpc) is 2.50. The Hall–Kier alpha value is -2.00. The summed E-state index contributed by atoms with van der Waals surface area (Å²) < 4.78 is 5.76. The van der Waals surface area contributed by atoms with Crippen LogP contribution in [-0.2, 0) is 11.2 Å². The maximum absolute atomic E-state index is 12.2. The second-order valence-electron chi connectivity index (χ2n) is 4.69. The molecule has 1 atom stereocenters. The number of amides is 1. The summed E-state index contributed by atoms with van der Waals surface area (Å²) in [5.74, 6) is 0.510. The first kappa shape index (κ1) is 15.4. The molecule has 110 valence electrons. The summed E-state index contributed by atoms with van der Waals surface area (Å²) in [6, 6.07) is 14.8. The van der Waals surface area contributed by atoms with E-state index in [1.54, 1.807) is 19.1 Å². The van der Waals surface area contributed by atoms with Crippen molar-refractivity contribution in [3.63, 3.8) is 0 Å². The molecule has 0 heterocycles. The van der Waals surface area contributed by atoms with E-state index >= 15 is 0 Å². The zero-order valence-corrected chi connectivity index (χ0v) is 12.9. The van der Waals surface area contributed by atoms with Crippen LogP contribution in [-0.4, -0.2) is 12.0 Å². The molecule has 2 aromatic rings. The molecule has 0 aromatic heterocycles. The van der Waals surface area contributed by atoms with Crippen molar-refractivity contribution >= 4 is 23.2 Å². The molecule has 3 nitrogen and oxygen atoms in total. The maximum Gasteiger partial charge on any atom is 0.265 e. The standard InChI is InChI=1S/C17H18ClNO2/c1-3-13-8-4-7-11-16(13)21-12(2)17(20)19-15-10-6-5-9-14(15)18/h4-12H,3H2,1-2H3,(H,19,20)/t12-/m0/s1. The Bertz CT molecular complexity index is 628. The predicted octanol–water partition coefficient (Wildman–Crippen LogP) is 4.31. The molecular weight excluding hydrogens is 286 g/mol. The molecule has 0 unspecified atom stereocenters. The fraction of sp³-hybridized carbons (Fsp3) is 0.235. The quantitative estimate of drug-likeness (QED) is 0.894. The monoisotopic (exact) mass is 303 g/mol. The summed E-state index contributed by atoms with van der Waals surface area (Å²) in [6.07, 6.45) is 0.253. The molecule has 0 spiro atoms. The molecule has 1 N–H and O–H groups in total. The van der Waals surface area contributed by atoms with Gasteiger partial charge in [-0.3, -0.25) is 4.79 Å². The Labute approximate surface area is 129 Å². The molecule has 1 amide bonds. The molecule has 0 radical (unpaired) electrons. The summed E-state index contributed by atoms with van der Waals surface area (Å²) >= 11 is 6.03. The molecule has 2 rings (SSSR count). The number of anilines is 1. The fourth-order valence-electron chi connectivity index (χ4n) is 1.95. The molecule has 2 aromatic carbocycles. The van der Waals surface area contributed by atoms with Crippen molar-refractivity contribution in [2.45, 2.75) is 26.4 Å². The number of nitrogens with one attached hydrogen (secondary N) is 1. The molecule has 21 heavy (non-hydrogen) atoms. The van der Waals surface area contributed by atoms with Gasteiger partial charge in [-0.25, -0.2) is 0 Å². The van der Waals surface area contributed by atoms with Crippen LogP contribution < -0.4 is 10.1 Å². The average molecular weight is 304 g/mol. The van der Waals surface area contributed by atoms with Gasteiger partial charge in [0.2, 0.25) is 0 Å². The van der Waals surface area contributed by atoms with E-state index in [9.17, 15) is 4.79 Å². The van der Waals surface area contributed by atoms with Crippen LogP contribution in [0.3, 0.4) is 0 Å². The Balaban J connectivity index is 2.05. The van der Waals surface area contributed by atoms with Gasteiger partial charge >= 0.3 is 0 Å². The van der Waals surface area contributed by atoms with Gasteiger partial charge in [-0.05, 0) is 37.1 Å². The van der Waals surface area contributed by atoms with Crippen LogP contribution >= 0.6 is 11.6 Å². The van der Waals surface area contributed by atoms with Gasteiger partial charge in [0.1, 0.15) is 5.75 Å². The van der Waals surface area contributed by atoms with Crippen molar-refractivity contribution in [3.8, 4) is 5.75 Å². The molecule has 0 aliphatic heterocycles. The maximum atomic E-state index is 12.2. The van der Waals surface area contributed by atoms with Gasteiger partial charge in [0.15, 0.2) is 6.10 Å². The summed E-state index contributed by atoms with van der Waals surface area (Å²) in [7, 11) is 0. The Kier molecular flexibility index (Phi) is 5.23. The van der Waals surface area contributed by atoms with E-state index in [1.165, 1.54) is 0 Å². The predicted molar refractivity (Wildman–Crippen MR) is 86.0 cm³/mol. The zero-order chi connectivity index (χ0) is 15.2. The highest BCUT2D eigenvalue weighted by atomic mass is 35.5. The smallest absolute Gasteiger partial charge is 0.265 e. The molecule has 0 fully saturated rings. The summed E-state index contributed by atoms with van der Waals surface area (Å²) in [4.78, 5) is 12.2. The molecule has 0 saturated heterocycles. The van der Waals surface area contributed by atoms with Gasteiger partial charge in [-0.15, -0.1) is 0 Å². The SMILES string of the molecule is CCc1ccccc1O[C@@H](C)C(=O)Nc1ccccc1Cl. The normalized spacial score (nSPS) is 11.8. The van der Waals surface area contributed by atoms with Crippen LogP contribution in [0.1, 0.15) is 19.4 Å². The minimum atomic E-state index is -0.603. The second-order valence-corrected chi connectivity index (χ2v) is 5.10. The first-order valence-electron chi connectivity index (χ1n) is 6.91. The van der Waals surface area contributed by atoms with E-state index in [0.717, 1.165) is 17.7 Å². The molecular formula is C17H18ClNO2. The molecule has 0 bridgehead atoms. The third kappa shape index (κ3) is 3.99. The topological polar surface area (TPSA) is 38.3 Å². The van der Waals surface area contributed by atoms with Crippen molar-refractivity contribution in [1.82, 2.24) is 0 Å². The van der Waals surface area contributed by atoms with Crippen LogP contribution in [0, 0.1) is 0 Å². The summed E-state index contributed by atoms with van der Waals surface area (Å²) in [5.41, 5.74) is 1.67. The van der Waals surface area contributed by atoms with Gasteiger partial charge in [0.05, 0.1) is 10.7 Å². The Morgan fingerprint density at radius 2 is 1.86 bits per heavy atom. The van der Waals surface area contributed by atoms with Crippen LogP contribution in [0.5, 0.6) is 5.75 Å². The number of benzene rings is 2. The number of rotatable bonds is 5. The number of carbonyl (C=O) groups excluding carboxylic acids is 1. The highest BCUT2D eigenvalue weighted by molar-refractivity contribution is 6.33. The van der Waals surface area contributed by atoms with E-state index in [2.05, 4.69) is 12.2 Å². The van der Waals surface area contributed by atoms with Crippen molar-refractivity contribution in [1.29, 1.82) is 0 Å². The minimum absolute atomic E-state index is 0.228. The Morgan fingerprint density at radius 3 is 2.57 bits per heavy atom. The largest absolute Gasteiger partial charge is 0.481 e. The minimum Gasteiger partial charge on any atom is -0.481 e. The lowest BCUT2D eigenvalue weighted by Gasteiger charge is -2.17. The van der Waals surface area contributed by atoms with E-state index in [-0.39, 0.29) is 5.91 Å². The van der Waals surface area contributed by atoms with Crippen molar-refractivity contribution < 1.29 is 9.53 Å². The van der Waals surface area contributed by atoms with Gasteiger partial charge in [0, 0.05) is 0 Å². The van der Waals surface area contributed by atoms with Crippen LogP contribution in [0.4, 0.5) is 5.69 Å². The van der Waals surface area contributed by atoms with E-state index in [0.29, 0.717) is 10.7 Å². The number of hydrogen-bond acceptors (Lipinski definition) is 2. The first-order chi connectivity index (χ1) is 10.1. The number of carbonyl (C=O) groups is 1. The van der Waals surface area contributed by atoms with Gasteiger partial charge in [0.25, 0.3) is 5.91 Å². The third-order valence-electron chi connectivity index (χ3n) is 3.16. The van der Waals surface area contributed by atoms with E-state index < -0.39 is 6.10 Å². The fourth-order valence-corrected chi connectivity index (χ4v) is 2.13. The van der Waals surface area contributed by atoms with E-state index in [1.807, 2.05) is 36.4 Å². The Morgan fingerprint density at radius 1 is 1.19 bits per heavy atom. The molecule has 0 aliphatic carbocycles. The summed E-state index contributed by atoms with van der Waals surface area (Å²) in [6.45, 7) is 3.77. The van der Waals surface area contributed by atoms with Gasteiger partial charge in [-0.2, -0.15) is 0 Å². The molecule has 0 aliphatic rings. The second kappa shape index (κ2) is 7.14. The first-order valence-corrected chi connectivity index (χ1v) is 7.29.